The van der Waals surface area contributed by atoms with E-state index < -0.39 is 29.9 Å². The van der Waals surface area contributed by atoms with Crippen molar-refractivity contribution in [1.29, 1.82) is 0 Å². The van der Waals surface area contributed by atoms with Gasteiger partial charge in [-0.25, -0.2) is 4.79 Å². The predicted molar refractivity (Wildman–Crippen MR) is 46.3 cm³/mol. The summed E-state index contributed by atoms with van der Waals surface area (Å²) in [4.78, 5) is 49.0. The van der Waals surface area contributed by atoms with E-state index in [4.69, 9.17) is 0 Å². The Bertz CT molecular complexity index is 360. The van der Waals surface area contributed by atoms with Crippen LogP contribution in [0.1, 0.15) is 25.7 Å². The number of hydrogen-bond acceptors (Lipinski definition) is 6. The van der Waals surface area contributed by atoms with E-state index in [1.807, 2.05) is 0 Å². The number of carbonyl (C=O) groups excluding carboxylic acids is 4. The number of hydroxylamine groups is 2. The van der Waals surface area contributed by atoms with Gasteiger partial charge >= 0.3 is 11.9 Å². The van der Waals surface area contributed by atoms with Crippen molar-refractivity contribution >= 4 is 23.8 Å². The van der Waals surface area contributed by atoms with Crippen LogP contribution >= 0.6 is 0 Å². The molecule has 7 nitrogen and oxygen atoms in total. The van der Waals surface area contributed by atoms with Gasteiger partial charge in [-0.1, -0.05) is 0 Å². The van der Waals surface area contributed by atoms with E-state index in [-0.39, 0.29) is 25.7 Å². The monoisotopic (exact) mass is 227 g/mol. The van der Waals surface area contributed by atoms with Gasteiger partial charge in [-0.05, 0) is 0 Å². The molecule has 0 aromatic carbocycles. The molecule has 2 saturated heterocycles. The second-order valence-corrected chi connectivity index (χ2v) is 3.51. The zero-order valence-corrected chi connectivity index (χ0v) is 8.30. The van der Waals surface area contributed by atoms with Gasteiger partial charge in [0, 0.05) is 25.7 Å². The predicted octanol–water partition coefficient (Wildman–Crippen LogP) is -0.701. The summed E-state index contributed by atoms with van der Waals surface area (Å²) in [6.45, 7) is 0. The first-order valence-corrected chi connectivity index (χ1v) is 4.85. The summed E-state index contributed by atoms with van der Waals surface area (Å²) in [6.07, 6.45) is -0.573. The van der Waals surface area contributed by atoms with Crippen LogP contribution in [-0.2, 0) is 28.8 Å². The molecule has 2 aliphatic heterocycles. The molecule has 7 heteroatoms. The molecule has 0 N–H and O–H groups in total. The zero-order chi connectivity index (χ0) is 11.7. The number of ether oxygens (including phenoxy) is 1. The molecule has 0 radical (unpaired) electrons. The lowest BCUT2D eigenvalue weighted by atomic mass is 10.2. The van der Waals surface area contributed by atoms with Gasteiger partial charge in [0.1, 0.15) is 0 Å². The third-order valence-electron chi connectivity index (χ3n) is 2.33. The molecular formula is C9H9NO6. The number of esters is 1. The fourth-order valence-corrected chi connectivity index (χ4v) is 1.50. The van der Waals surface area contributed by atoms with Crippen molar-refractivity contribution in [1.82, 2.24) is 5.06 Å². The number of hydrogen-bond donors (Lipinski definition) is 0. The van der Waals surface area contributed by atoms with Crippen LogP contribution < -0.4 is 0 Å². The number of cyclic esters (lactones) is 1. The summed E-state index contributed by atoms with van der Waals surface area (Å²) in [6, 6.07) is 0. The van der Waals surface area contributed by atoms with Crippen molar-refractivity contribution in [2.45, 2.75) is 31.8 Å². The van der Waals surface area contributed by atoms with Crippen LogP contribution in [-0.4, -0.2) is 34.9 Å². The van der Waals surface area contributed by atoms with Crippen molar-refractivity contribution in [2.75, 3.05) is 0 Å². The first-order chi connectivity index (χ1) is 7.58. The topological polar surface area (TPSA) is 90.0 Å². The molecule has 16 heavy (non-hydrogen) atoms. The van der Waals surface area contributed by atoms with Crippen molar-refractivity contribution in [2.24, 2.45) is 0 Å². The molecule has 0 aromatic heterocycles. The van der Waals surface area contributed by atoms with Gasteiger partial charge in [0.25, 0.3) is 11.8 Å². The highest BCUT2D eigenvalue weighted by Crippen LogP contribution is 2.18. The number of rotatable bonds is 2. The molecule has 2 heterocycles. The Hall–Kier alpha value is -1.92. The Kier molecular flexibility index (Phi) is 2.59. The minimum absolute atomic E-state index is 0.0383. The third-order valence-corrected chi connectivity index (χ3v) is 2.33. The Balaban J connectivity index is 1.94. The van der Waals surface area contributed by atoms with Gasteiger partial charge in [0.05, 0.1) is 0 Å². The Labute approximate surface area is 90.2 Å². The molecule has 0 spiro atoms. The maximum absolute atomic E-state index is 11.4. The molecule has 0 aromatic rings. The van der Waals surface area contributed by atoms with Gasteiger partial charge in [0.2, 0.25) is 6.10 Å². The average Bonchev–Trinajstić information content (AvgIpc) is 2.79. The zero-order valence-electron chi connectivity index (χ0n) is 8.30. The molecule has 2 fully saturated rings. The fraction of sp³-hybridized carbons (Fsp3) is 0.556. The molecule has 0 saturated carbocycles. The second kappa shape index (κ2) is 3.92. The smallest absolute Gasteiger partial charge is 0.373 e. The van der Waals surface area contributed by atoms with Crippen molar-refractivity contribution < 1.29 is 28.8 Å². The summed E-state index contributed by atoms with van der Waals surface area (Å²) < 4.78 is 4.64. The summed E-state index contributed by atoms with van der Waals surface area (Å²) in [5.41, 5.74) is 0. The molecule has 0 unspecified atom stereocenters. The molecule has 2 rings (SSSR count). The van der Waals surface area contributed by atoms with E-state index in [1.54, 1.807) is 0 Å². The van der Waals surface area contributed by atoms with Crippen molar-refractivity contribution in [3.05, 3.63) is 0 Å². The van der Waals surface area contributed by atoms with Gasteiger partial charge in [0.15, 0.2) is 0 Å². The van der Waals surface area contributed by atoms with Crippen LogP contribution in [0.4, 0.5) is 0 Å². The number of amides is 2. The molecule has 1 atom stereocenters. The van der Waals surface area contributed by atoms with E-state index in [0.29, 0.717) is 5.06 Å². The van der Waals surface area contributed by atoms with Gasteiger partial charge < -0.3 is 9.57 Å². The highest BCUT2D eigenvalue weighted by molar-refractivity contribution is 6.01. The van der Waals surface area contributed by atoms with Crippen LogP contribution in [0.15, 0.2) is 0 Å². The van der Waals surface area contributed by atoms with E-state index in [9.17, 15) is 19.2 Å². The van der Waals surface area contributed by atoms with Gasteiger partial charge in [-0.15, -0.1) is 5.06 Å². The highest BCUT2D eigenvalue weighted by Gasteiger charge is 2.38. The summed E-state index contributed by atoms with van der Waals surface area (Å²) in [5.74, 6) is -2.47. The summed E-state index contributed by atoms with van der Waals surface area (Å²) in [7, 11) is 0. The van der Waals surface area contributed by atoms with E-state index in [2.05, 4.69) is 9.57 Å². The maximum atomic E-state index is 11.4. The fourth-order valence-electron chi connectivity index (χ4n) is 1.50. The summed E-state index contributed by atoms with van der Waals surface area (Å²) >= 11 is 0. The van der Waals surface area contributed by atoms with E-state index in [0.717, 1.165) is 0 Å². The lowest BCUT2D eigenvalue weighted by Crippen LogP contribution is -2.36. The molecule has 0 bridgehead atoms. The van der Waals surface area contributed by atoms with Crippen molar-refractivity contribution in [3.8, 4) is 0 Å². The van der Waals surface area contributed by atoms with Crippen LogP contribution in [0.3, 0.4) is 0 Å². The average molecular weight is 227 g/mol. The molecule has 2 aliphatic rings. The lowest BCUT2D eigenvalue weighted by Gasteiger charge is -2.14. The maximum Gasteiger partial charge on any atom is 0.373 e. The van der Waals surface area contributed by atoms with Crippen LogP contribution in [0.5, 0.6) is 0 Å². The Morgan fingerprint density at radius 2 is 1.81 bits per heavy atom. The van der Waals surface area contributed by atoms with E-state index in [1.165, 1.54) is 0 Å². The lowest BCUT2D eigenvalue weighted by molar-refractivity contribution is -0.204. The summed E-state index contributed by atoms with van der Waals surface area (Å²) in [5, 5.41) is 0.439. The number of imide groups is 1. The van der Waals surface area contributed by atoms with Crippen molar-refractivity contribution in [3.63, 3.8) is 0 Å². The van der Waals surface area contributed by atoms with Crippen LogP contribution in [0.25, 0.3) is 0 Å². The van der Waals surface area contributed by atoms with Gasteiger partial charge in [-0.3, -0.25) is 14.4 Å². The minimum Gasteiger partial charge on any atom is -0.450 e. The first kappa shape index (κ1) is 10.6. The third kappa shape index (κ3) is 1.88. The minimum atomic E-state index is -1.01. The Morgan fingerprint density at radius 1 is 1.19 bits per heavy atom. The SMILES string of the molecule is O=C1CC[C@@H](C(=O)ON2C(=O)CCC2=O)O1. The highest BCUT2D eigenvalue weighted by atomic mass is 16.7. The van der Waals surface area contributed by atoms with Crippen LogP contribution in [0, 0.1) is 0 Å². The Morgan fingerprint density at radius 3 is 2.31 bits per heavy atom. The van der Waals surface area contributed by atoms with Crippen LogP contribution in [0.2, 0.25) is 0 Å². The van der Waals surface area contributed by atoms with Gasteiger partial charge in [-0.2, -0.15) is 0 Å². The number of carbonyl (C=O) groups is 4. The second-order valence-electron chi connectivity index (χ2n) is 3.51. The normalized spacial score (nSPS) is 24.9. The molecular weight excluding hydrogens is 218 g/mol. The quantitative estimate of drug-likeness (QED) is 0.457. The molecule has 2 amide bonds. The molecule has 86 valence electrons. The molecule has 0 aliphatic carbocycles. The first-order valence-electron chi connectivity index (χ1n) is 4.85. The van der Waals surface area contributed by atoms with E-state index >= 15 is 0 Å². The standard InChI is InChI=1S/C9H9NO6/c11-6-2-3-7(12)10(6)16-9(14)5-1-4-8(13)15-5/h5H,1-4H2/t5-/m0/s1. The largest absolute Gasteiger partial charge is 0.450 e. The number of nitrogens with zero attached hydrogens (tertiary/aromatic N) is 1.